The maximum atomic E-state index is 13.6. The highest BCUT2D eigenvalue weighted by Gasteiger charge is 2.33. The van der Waals surface area contributed by atoms with Gasteiger partial charge in [-0.05, 0) is 88.8 Å². The van der Waals surface area contributed by atoms with E-state index in [1.54, 1.807) is 18.0 Å². The summed E-state index contributed by atoms with van der Waals surface area (Å²) in [6.45, 7) is 12.4. The zero-order valence-corrected chi connectivity index (χ0v) is 23.7. The second kappa shape index (κ2) is 12.3. The molecule has 1 heterocycles. The van der Waals surface area contributed by atoms with Gasteiger partial charge >= 0.3 is 5.97 Å². The number of aromatic amines is 1. The molecule has 0 radical (unpaired) electrons. The first-order valence-corrected chi connectivity index (χ1v) is 13.9. The fraction of sp³-hybridized carbons (Fsp3) is 0.406. The molecule has 206 valence electrons. The number of amides is 1. The number of nitrogens with one attached hydrogen (secondary N) is 1. The number of H-pyrrole nitrogens is 1. The smallest absolute Gasteiger partial charge is 0.341 e. The third-order valence-corrected chi connectivity index (χ3v) is 7.48. The minimum atomic E-state index is -0.496. The van der Waals surface area contributed by atoms with Crippen molar-refractivity contribution in [2.75, 3.05) is 18.6 Å². The third-order valence-electron chi connectivity index (χ3n) is 7.48. The second-order valence-corrected chi connectivity index (χ2v) is 10.7. The zero-order chi connectivity index (χ0) is 28.1. The summed E-state index contributed by atoms with van der Waals surface area (Å²) < 4.78 is 5.39. The van der Waals surface area contributed by atoms with Crippen LogP contribution in [0.2, 0.25) is 0 Å². The summed E-state index contributed by atoms with van der Waals surface area (Å²) in [4.78, 5) is 38.3. The Bertz CT molecular complexity index is 1310. The number of aromatic nitrogens is 2. The van der Waals surface area contributed by atoms with E-state index in [1.165, 1.54) is 0 Å². The number of fused-ring (bicyclic) bond motifs is 1. The molecule has 1 aliphatic carbocycles. The van der Waals surface area contributed by atoms with E-state index in [0.29, 0.717) is 11.6 Å². The van der Waals surface area contributed by atoms with Gasteiger partial charge in [-0.15, -0.1) is 0 Å². The van der Waals surface area contributed by atoms with Crippen LogP contribution < -0.4 is 4.90 Å². The molecule has 1 N–H and O–H groups in total. The van der Waals surface area contributed by atoms with E-state index >= 15 is 0 Å². The Morgan fingerprint density at radius 1 is 1.10 bits per heavy atom. The Balaban J connectivity index is 1.59. The number of carbonyl (C=O) groups excluding carboxylic acids is 2. The number of hydrogen-bond donors (Lipinski definition) is 1. The average Bonchev–Trinajstić information content (AvgIpc) is 3.36. The number of carbonyl (C=O) groups is 2. The van der Waals surface area contributed by atoms with E-state index in [1.807, 2.05) is 74.3 Å². The Kier molecular flexibility index (Phi) is 8.90. The van der Waals surface area contributed by atoms with Crippen LogP contribution in [0.25, 0.3) is 22.4 Å². The van der Waals surface area contributed by atoms with Crippen molar-refractivity contribution in [1.29, 1.82) is 0 Å². The van der Waals surface area contributed by atoms with Crippen LogP contribution in [0.5, 0.6) is 0 Å². The SMILES string of the molecule is C=C(/C(=C\N(C)c1ccc(-c2nc3ccccc3[nH]2)cc1)C(=O)OCC)N(C(=O)C1CCC(C)CC1)C(C)C. The van der Waals surface area contributed by atoms with Crippen molar-refractivity contribution in [1.82, 2.24) is 14.9 Å². The summed E-state index contributed by atoms with van der Waals surface area (Å²) in [6, 6.07) is 15.7. The molecule has 0 saturated heterocycles. The maximum absolute atomic E-state index is 13.6. The standard InChI is InChI=1S/C32H40N4O3/c1-7-39-32(38)27(23(5)36(21(2)3)31(37)25-14-12-22(4)13-15-25)20-35(6)26-18-16-24(17-19-26)30-33-28-10-8-9-11-29(28)34-30/h8-11,16-22,25H,5,7,12-15H2,1-4,6H3,(H,33,34)/b27-20+. The topological polar surface area (TPSA) is 78.5 Å². The number of nitrogens with zero attached hydrogens (tertiary/aromatic N) is 3. The Hall–Kier alpha value is -3.87. The van der Waals surface area contributed by atoms with Gasteiger partial charge in [0.25, 0.3) is 0 Å². The first-order chi connectivity index (χ1) is 18.7. The van der Waals surface area contributed by atoms with Crippen molar-refractivity contribution in [3.05, 3.63) is 72.6 Å². The largest absolute Gasteiger partial charge is 0.462 e. The molecule has 0 unspecified atom stereocenters. The highest BCUT2D eigenvalue weighted by molar-refractivity contribution is 5.95. The van der Waals surface area contributed by atoms with Gasteiger partial charge in [0.15, 0.2) is 0 Å². The summed E-state index contributed by atoms with van der Waals surface area (Å²) in [5.74, 6) is 0.933. The van der Waals surface area contributed by atoms with Crippen LogP contribution in [0.4, 0.5) is 5.69 Å². The van der Waals surface area contributed by atoms with Gasteiger partial charge in [0, 0.05) is 36.5 Å². The average molecular weight is 529 g/mol. The van der Waals surface area contributed by atoms with Gasteiger partial charge < -0.3 is 19.5 Å². The summed E-state index contributed by atoms with van der Waals surface area (Å²) in [5, 5.41) is 0. The Labute approximate surface area is 231 Å². The number of anilines is 1. The van der Waals surface area contributed by atoms with Gasteiger partial charge in [0.2, 0.25) is 5.91 Å². The molecular weight excluding hydrogens is 488 g/mol. The summed E-state index contributed by atoms with van der Waals surface area (Å²) in [7, 11) is 1.87. The van der Waals surface area contributed by atoms with Crippen LogP contribution in [0.3, 0.4) is 0 Å². The summed E-state index contributed by atoms with van der Waals surface area (Å²) >= 11 is 0. The minimum absolute atomic E-state index is 0.0370. The number of hydrogen-bond acceptors (Lipinski definition) is 5. The van der Waals surface area contributed by atoms with E-state index in [4.69, 9.17) is 4.74 Å². The highest BCUT2D eigenvalue weighted by Crippen LogP contribution is 2.32. The highest BCUT2D eigenvalue weighted by atomic mass is 16.5. The lowest BCUT2D eigenvalue weighted by Crippen LogP contribution is -2.42. The molecule has 0 atom stereocenters. The molecule has 1 saturated carbocycles. The predicted molar refractivity (Wildman–Crippen MR) is 157 cm³/mol. The van der Waals surface area contributed by atoms with Crippen LogP contribution in [0, 0.1) is 11.8 Å². The van der Waals surface area contributed by atoms with Crippen LogP contribution in [-0.4, -0.2) is 46.4 Å². The number of para-hydroxylation sites is 2. The van der Waals surface area contributed by atoms with Crippen molar-refractivity contribution in [3.63, 3.8) is 0 Å². The fourth-order valence-electron chi connectivity index (χ4n) is 5.20. The van der Waals surface area contributed by atoms with Gasteiger partial charge in [-0.3, -0.25) is 4.79 Å². The lowest BCUT2D eigenvalue weighted by molar-refractivity contribution is -0.139. The zero-order valence-electron chi connectivity index (χ0n) is 23.7. The quantitative estimate of drug-likeness (QED) is 0.190. The molecular formula is C32H40N4O3. The molecule has 7 nitrogen and oxygen atoms in total. The molecule has 1 fully saturated rings. The number of imidazole rings is 1. The molecule has 0 bridgehead atoms. The predicted octanol–water partition coefficient (Wildman–Crippen LogP) is 6.69. The molecule has 4 rings (SSSR count). The van der Waals surface area contributed by atoms with Crippen molar-refractivity contribution in [2.45, 2.75) is 59.4 Å². The van der Waals surface area contributed by atoms with E-state index in [-0.39, 0.29) is 30.0 Å². The second-order valence-electron chi connectivity index (χ2n) is 10.7. The van der Waals surface area contributed by atoms with Crippen LogP contribution in [0.1, 0.15) is 53.4 Å². The third kappa shape index (κ3) is 6.41. The molecule has 1 aromatic heterocycles. The van der Waals surface area contributed by atoms with Crippen molar-refractivity contribution >= 4 is 28.6 Å². The molecule has 3 aromatic rings. The van der Waals surface area contributed by atoms with Crippen molar-refractivity contribution in [3.8, 4) is 11.4 Å². The molecule has 0 spiro atoms. The Morgan fingerprint density at radius 3 is 2.38 bits per heavy atom. The molecule has 1 amide bonds. The van der Waals surface area contributed by atoms with Gasteiger partial charge in [-0.2, -0.15) is 0 Å². The molecule has 1 aliphatic rings. The molecule has 2 aromatic carbocycles. The number of ether oxygens (including phenoxy) is 1. The monoisotopic (exact) mass is 528 g/mol. The molecule has 7 heteroatoms. The van der Waals surface area contributed by atoms with Crippen molar-refractivity contribution < 1.29 is 14.3 Å². The first kappa shape index (κ1) is 28.1. The lowest BCUT2D eigenvalue weighted by Gasteiger charge is -2.35. The Morgan fingerprint density at radius 2 is 1.77 bits per heavy atom. The van der Waals surface area contributed by atoms with E-state index in [2.05, 4.69) is 23.5 Å². The number of benzene rings is 2. The van der Waals surface area contributed by atoms with Crippen LogP contribution in [-0.2, 0) is 14.3 Å². The van der Waals surface area contributed by atoms with Crippen LogP contribution in [0.15, 0.2) is 72.6 Å². The molecule has 39 heavy (non-hydrogen) atoms. The van der Waals surface area contributed by atoms with E-state index in [9.17, 15) is 9.59 Å². The first-order valence-electron chi connectivity index (χ1n) is 13.9. The van der Waals surface area contributed by atoms with Crippen LogP contribution >= 0.6 is 0 Å². The minimum Gasteiger partial charge on any atom is -0.462 e. The fourth-order valence-corrected chi connectivity index (χ4v) is 5.20. The van der Waals surface area contributed by atoms with E-state index in [0.717, 1.165) is 53.8 Å². The molecule has 0 aliphatic heterocycles. The van der Waals surface area contributed by atoms with Gasteiger partial charge in [-0.25, -0.2) is 9.78 Å². The summed E-state index contributed by atoms with van der Waals surface area (Å²) in [6.07, 6.45) is 5.53. The van der Waals surface area contributed by atoms with Gasteiger partial charge in [0.05, 0.1) is 28.9 Å². The van der Waals surface area contributed by atoms with Gasteiger partial charge in [0.1, 0.15) is 5.82 Å². The summed E-state index contributed by atoms with van der Waals surface area (Å²) in [5.41, 5.74) is 4.38. The van der Waals surface area contributed by atoms with Crippen molar-refractivity contribution in [2.24, 2.45) is 11.8 Å². The normalized spacial score (nSPS) is 17.7. The number of rotatable bonds is 9. The van der Waals surface area contributed by atoms with Gasteiger partial charge in [-0.1, -0.05) is 25.6 Å². The van der Waals surface area contributed by atoms with E-state index < -0.39 is 5.97 Å². The lowest BCUT2D eigenvalue weighted by atomic mass is 9.82. The maximum Gasteiger partial charge on any atom is 0.341 e. The number of esters is 1.